The summed E-state index contributed by atoms with van der Waals surface area (Å²) < 4.78 is 5.10. The lowest BCUT2D eigenvalue weighted by molar-refractivity contribution is 0.205. The third-order valence-electron chi connectivity index (χ3n) is 2.37. The maximum Gasteiger partial charge on any atom is 0.185 e. The van der Waals surface area contributed by atoms with Gasteiger partial charge >= 0.3 is 0 Å². The van der Waals surface area contributed by atoms with Gasteiger partial charge in [-0.25, -0.2) is 4.98 Å². The Kier molecular flexibility index (Phi) is 6.39. The maximum absolute atomic E-state index is 5.54. The van der Waals surface area contributed by atoms with Crippen molar-refractivity contribution < 1.29 is 4.74 Å². The van der Waals surface area contributed by atoms with Crippen LogP contribution in [0.1, 0.15) is 19.0 Å². The van der Waals surface area contributed by atoms with Gasteiger partial charge in [-0.15, -0.1) is 11.3 Å². The molecule has 4 nitrogen and oxygen atoms in total. The van der Waals surface area contributed by atoms with Crippen LogP contribution in [0.2, 0.25) is 0 Å². The standard InChI is InChI=1S/C11H19N3OS2/c1-3-9-8-17-11(13-9)14(6-7-15-2)5-4-10(12)16/h8H,3-7H2,1-2H3,(H2,12,16). The SMILES string of the molecule is CCc1csc(N(CCOC)CCC(N)=S)n1. The smallest absolute Gasteiger partial charge is 0.185 e. The van der Waals surface area contributed by atoms with E-state index >= 15 is 0 Å². The van der Waals surface area contributed by atoms with E-state index < -0.39 is 0 Å². The molecule has 0 saturated heterocycles. The molecule has 0 fully saturated rings. The first-order chi connectivity index (χ1) is 8.17. The number of hydrogen-bond donors (Lipinski definition) is 1. The number of hydrogen-bond acceptors (Lipinski definition) is 5. The van der Waals surface area contributed by atoms with Crippen molar-refractivity contribution in [2.24, 2.45) is 5.73 Å². The van der Waals surface area contributed by atoms with Gasteiger partial charge in [-0.3, -0.25) is 0 Å². The summed E-state index contributed by atoms with van der Waals surface area (Å²) in [5.41, 5.74) is 6.66. The van der Waals surface area contributed by atoms with Gasteiger partial charge in [-0.1, -0.05) is 19.1 Å². The molecule has 0 spiro atoms. The van der Waals surface area contributed by atoms with Gasteiger partial charge in [0.25, 0.3) is 0 Å². The minimum absolute atomic E-state index is 0.541. The minimum atomic E-state index is 0.541. The quantitative estimate of drug-likeness (QED) is 0.732. The first-order valence-corrected chi connectivity index (χ1v) is 6.92. The Labute approximate surface area is 112 Å². The van der Waals surface area contributed by atoms with Crippen LogP contribution in [0, 0.1) is 0 Å². The first-order valence-electron chi connectivity index (χ1n) is 5.64. The number of anilines is 1. The van der Waals surface area contributed by atoms with E-state index in [0.717, 1.165) is 30.3 Å². The van der Waals surface area contributed by atoms with E-state index in [4.69, 9.17) is 22.7 Å². The Morgan fingerprint density at radius 1 is 1.59 bits per heavy atom. The van der Waals surface area contributed by atoms with Gasteiger partial charge in [0.1, 0.15) is 0 Å². The van der Waals surface area contributed by atoms with Crippen molar-refractivity contribution in [3.8, 4) is 0 Å². The molecule has 17 heavy (non-hydrogen) atoms. The Balaban J connectivity index is 2.63. The molecule has 0 aliphatic carbocycles. The number of thiazole rings is 1. The predicted octanol–water partition coefficient (Wildman–Crippen LogP) is 1.83. The van der Waals surface area contributed by atoms with Gasteiger partial charge in [-0.05, 0) is 6.42 Å². The van der Waals surface area contributed by atoms with E-state index in [-0.39, 0.29) is 0 Å². The van der Waals surface area contributed by atoms with E-state index in [1.165, 1.54) is 0 Å². The van der Waals surface area contributed by atoms with Crippen LogP contribution < -0.4 is 10.6 Å². The molecule has 1 aromatic rings. The summed E-state index contributed by atoms with van der Waals surface area (Å²) in [4.78, 5) is 7.28. The molecule has 1 rings (SSSR count). The van der Waals surface area contributed by atoms with E-state index in [9.17, 15) is 0 Å². The summed E-state index contributed by atoms with van der Waals surface area (Å²) in [6, 6.07) is 0. The monoisotopic (exact) mass is 273 g/mol. The third kappa shape index (κ3) is 4.97. The lowest BCUT2D eigenvalue weighted by atomic mass is 10.4. The zero-order valence-electron chi connectivity index (χ0n) is 10.3. The van der Waals surface area contributed by atoms with Crippen molar-refractivity contribution in [1.82, 2.24) is 4.98 Å². The van der Waals surface area contributed by atoms with Gasteiger partial charge in [0.15, 0.2) is 5.13 Å². The van der Waals surface area contributed by atoms with Gasteiger partial charge in [0.2, 0.25) is 0 Å². The number of nitrogens with zero attached hydrogens (tertiary/aromatic N) is 2. The molecule has 0 atom stereocenters. The zero-order valence-corrected chi connectivity index (χ0v) is 11.9. The fourth-order valence-electron chi connectivity index (χ4n) is 1.35. The third-order valence-corrected chi connectivity index (χ3v) is 3.52. The molecule has 0 saturated carbocycles. The van der Waals surface area contributed by atoms with Crippen LogP contribution in [0.25, 0.3) is 0 Å². The molecule has 1 aromatic heterocycles. The van der Waals surface area contributed by atoms with Gasteiger partial charge in [-0.2, -0.15) is 0 Å². The summed E-state index contributed by atoms with van der Waals surface area (Å²) in [6.07, 6.45) is 1.67. The number of methoxy groups -OCH3 is 1. The van der Waals surface area contributed by atoms with Crippen LogP contribution in [0.15, 0.2) is 5.38 Å². The average Bonchev–Trinajstić information content (AvgIpc) is 2.77. The van der Waals surface area contributed by atoms with E-state index in [1.54, 1.807) is 18.4 Å². The zero-order chi connectivity index (χ0) is 12.7. The first kappa shape index (κ1) is 14.3. The number of ether oxygens (including phenoxy) is 1. The molecule has 2 N–H and O–H groups in total. The average molecular weight is 273 g/mol. The van der Waals surface area contributed by atoms with Crippen molar-refractivity contribution in [1.29, 1.82) is 0 Å². The molecule has 0 radical (unpaired) electrons. The van der Waals surface area contributed by atoms with Crippen LogP contribution in [0.4, 0.5) is 5.13 Å². The van der Waals surface area contributed by atoms with Crippen LogP contribution >= 0.6 is 23.6 Å². The van der Waals surface area contributed by atoms with Gasteiger partial charge < -0.3 is 15.4 Å². The van der Waals surface area contributed by atoms with Crippen molar-refractivity contribution in [2.75, 3.05) is 31.7 Å². The van der Waals surface area contributed by atoms with Crippen molar-refractivity contribution >= 4 is 33.7 Å². The Morgan fingerprint density at radius 2 is 2.35 bits per heavy atom. The normalized spacial score (nSPS) is 10.5. The molecular formula is C11H19N3OS2. The summed E-state index contributed by atoms with van der Waals surface area (Å²) in [6.45, 7) is 4.40. The minimum Gasteiger partial charge on any atom is -0.393 e. The van der Waals surface area contributed by atoms with Gasteiger partial charge in [0.05, 0.1) is 17.3 Å². The molecule has 0 aliphatic rings. The van der Waals surface area contributed by atoms with E-state index in [1.807, 2.05) is 0 Å². The molecule has 0 bridgehead atoms. The van der Waals surface area contributed by atoms with E-state index in [2.05, 4.69) is 22.2 Å². The Morgan fingerprint density at radius 3 is 2.88 bits per heavy atom. The number of thiocarbonyl (C=S) groups is 1. The molecule has 0 amide bonds. The molecule has 6 heteroatoms. The number of aromatic nitrogens is 1. The Hall–Kier alpha value is -0.720. The molecule has 0 unspecified atom stereocenters. The number of nitrogens with two attached hydrogens (primary N) is 1. The summed E-state index contributed by atoms with van der Waals surface area (Å²) in [5.74, 6) is 0. The number of rotatable bonds is 8. The molecule has 0 aromatic carbocycles. The number of aryl methyl sites for hydroxylation is 1. The highest BCUT2D eigenvalue weighted by atomic mass is 32.1. The maximum atomic E-state index is 5.54. The van der Waals surface area contributed by atoms with Crippen molar-refractivity contribution in [3.63, 3.8) is 0 Å². The Bertz CT molecular complexity index is 354. The topological polar surface area (TPSA) is 51.4 Å². The second-order valence-electron chi connectivity index (χ2n) is 3.67. The fourth-order valence-corrected chi connectivity index (χ4v) is 2.41. The highest BCUT2D eigenvalue weighted by Crippen LogP contribution is 2.20. The molecule has 1 heterocycles. The van der Waals surface area contributed by atoms with Crippen LogP contribution in [-0.4, -0.2) is 36.8 Å². The summed E-state index contributed by atoms with van der Waals surface area (Å²) in [7, 11) is 1.70. The summed E-state index contributed by atoms with van der Waals surface area (Å²) in [5, 5.41) is 3.12. The molecule has 96 valence electrons. The highest BCUT2D eigenvalue weighted by Gasteiger charge is 2.10. The second-order valence-corrected chi connectivity index (χ2v) is 5.03. The molecule has 0 aliphatic heterocycles. The van der Waals surface area contributed by atoms with Crippen LogP contribution in [-0.2, 0) is 11.2 Å². The molecular weight excluding hydrogens is 254 g/mol. The largest absolute Gasteiger partial charge is 0.393 e. The lowest BCUT2D eigenvalue weighted by Gasteiger charge is -2.21. The second kappa shape index (κ2) is 7.58. The van der Waals surface area contributed by atoms with E-state index in [0.29, 0.717) is 18.0 Å². The van der Waals surface area contributed by atoms with Crippen LogP contribution in [0.5, 0.6) is 0 Å². The predicted molar refractivity (Wildman–Crippen MR) is 77.0 cm³/mol. The van der Waals surface area contributed by atoms with Gasteiger partial charge in [0, 0.05) is 32.0 Å². The van der Waals surface area contributed by atoms with Crippen molar-refractivity contribution in [3.05, 3.63) is 11.1 Å². The van der Waals surface area contributed by atoms with Crippen molar-refractivity contribution in [2.45, 2.75) is 19.8 Å². The summed E-state index contributed by atoms with van der Waals surface area (Å²) >= 11 is 6.57. The van der Waals surface area contributed by atoms with Crippen LogP contribution in [0.3, 0.4) is 0 Å². The lowest BCUT2D eigenvalue weighted by Crippen LogP contribution is -2.30. The highest BCUT2D eigenvalue weighted by molar-refractivity contribution is 7.80. The fraction of sp³-hybridized carbons (Fsp3) is 0.636.